The van der Waals surface area contributed by atoms with Crippen molar-refractivity contribution < 1.29 is 13.9 Å². The van der Waals surface area contributed by atoms with Gasteiger partial charge < -0.3 is 5.11 Å². The summed E-state index contributed by atoms with van der Waals surface area (Å²) >= 11 is 0. The van der Waals surface area contributed by atoms with Crippen LogP contribution in [0.1, 0.15) is 32.1 Å². The molecule has 0 aliphatic heterocycles. The SMILES string of the molecule is OCC1CC12CCC(F)(F)CC2. The highest BCUT2D eigenvalue weighted by atomic mass is 19.3. The lowest BCUT2D eigenvalue weighted by molar-refractivity contribution is -0.0527. The van der Waals surface area contributed by atoms with Crippen molar-refractivity contribution in [1.82, 2.24) is 0 Å². The number of hydrogen-bond donors (Lipinski definition) is 1. The summed E-state index contributed by atoms with van der Waals surface area (Å²) in [4.78, 5) is 0. The summed E-state index contributed by atoms with van der Waals surface area (Å²) in [6, 6.07) is 0. The molecule has 1 nitrogen and oxygen atoms in total. The van der Waals surface area contributed by atoms with E-state index in [1.807, 2.05) is 0 Å². The number of alkyl halides is 2. The highest BCUT2D eigenvalue weighted by molar-refractivity contribution is 5.05. The molecule has 0 aromatic carbocycles. The predicted molar refractivity (Wildman–Crippen MR) is 41.0 cm³/mol. The van der Waals surface area contributed by atoms with Gasteiger partial charge in [-0.15, -0.1) is 0 Å². The molecule has 2 aliphatic carbocycles. The van der Waals surface area contributed by atoms with Gasteiger partial charge in [-0.3, -0.25) is 0 Å². The van der Waals surface area contributed by atoms with Crippen LogP contribution in [0.3, 0.4) is 0 Å². The van der Waals surface area contributed by atoms with Crippen LogP contribution in [0.25, 0.3) is 0 Å². The van der Waals surface area contributed by atoms with Gasteiger partial charge in [-0.1, -0.05) is 0 Å². The quantitative estimate of drug-likeness (QED) is 0.649. The number of hydrogen-bond acceptors (Lipinski definition) is 1. The molecule has 70 valence electrons. The van der Waals surface area contributed by atoms with Crippen molar-refractivity contribution in [3.05, 3.63) is 0 Å². The van der Waals surface area contributed by atoms with Gasteiger partial charge >= 0.3 is 0 Å². The monoisotopic (exact) mass is 176 g/mol. The average molecular weight is 176 g/mol. The largest absolute Gasteiger partial charge is 0.396 e. The van der Waals surface area contributed by atoms with E-state index in [1.54, 1.807) is 0 Å². The Morgan fingerprint density at radius 2 is 1.75 bits per heavy atom. The first-order valence-corrected chi connectivity index (χ1v) is 4.57. The summed E-state index contributed by atoms with van der Waals surface area (Å²) in [6.07, 6.45) is 2.27. The van der Waals surface area contributed by atoms with Crippen molar-refractivity contribution in [2.45, 2.75) is 38.0 Å². The van der Waals surface area contributed by atoms with Gasteiger partial charge in [0, 0.05) is 19.4 Å². The van der Waals surface area contributed by atoms with Gasteiger partial charge in [-0.25, -0.2) is 8.78 Å². The van der Waals surface area contributed by atoms with Gasteiger partial charge in [0.15, 0.2) is 0 Å². The van der Waals surface area contributed by atoms with Crippen LogP contribution in [0.4, 0.5) is 8.78 Å². The molecule has 0 radical (unpaired) electrons. The summed E-state index contributed by atoms with van der Waals surface area (Å²) in [5.41, 5.74) is 0.121. The standard InChI is InChI=1S/C9H14F2O/c10-9(11)3-1-8(2-4-9)5-7(8)6-12/h7,12H,1-6H2. The van der Waals surface area contributed by atoms with E-state index in [0.29, 0.717) is 18.8 Å². The number of halogens is 2. The number of rotatable bonds is 1. The Hall–Kier alpha value is -0.180. The van der Waals surface area contributed by atoms with Crippen LogP contribution >= 0.6 is 0 Å². The van der Waals surface area contributed by atoms with Crippen LogP contribution in [0.5, 0.6) is 0 Å². The Morgan fingerprint density at radius 3 is 2.17 bits per heavy atom. The third-order valence-corrected chi connectivity index (χ3v) is 3.56. The molecule has 0 bridgehead atoms. The van der Waals surface area contributed by atoms with Gasteiger partial charge in [0.05, 0.1) is 0 Å². The second-order valence-electron chi connectivity index (χ2n) is 4.30. The molecule has 2 saturated carbocycles. The molecule has 0 amide bonds. The van der Waals surface area contributed by atoms with Crippen molar-refractivity contribution in [3.8, 4) is 0 Å². The highest BCUT2D eigenvalue weighted by Gasteiger charge is 2.57. The van der Waals surface area contributed by atoms with E-state index in [1.165, 1.54) is 0 Å². The minimum Gasteiger partial charge on any atom is -0.396 e. The Kier molecular flexibility index (Phi) is 1.69. The molecule has 2 aliphatic rings. The minimum absolute atomic E-state index is 0.0312. The van der Waals surface area contributed by atoms with Crippen molar-refractivity contribution >= 4 is 0 Å². The Labute approximate surface area is 70.8 Å². The zero-order valence-corrected chi connectivity index (χ0v) is 7.02. The molecule has 0 saturated heterocycles. The first-order valence-electron chi connectivity index (χ1n) is 4.57. The maximum atomic E-state index is 12.7. The zero-order chi connectivity index (χ0) is 8.82. The summed E-state index contributed by atoms with van der Waals surface area (Å²) in [5, 5.41) is 8.87. The molecule has 1 atom stereocenters. The zero-order valence-electron chi connectivity index (χ0n) is 7.02. The molecular formula is C9H14F2O. The normalized spacial score (nSPS) is 36.8. The average Bonchev–Trinajstić information content (AvgIpc) is 2.72. The van der Waals surface area contributed by atoms with Crippen molar-refractivity contribution in [2.75, 3.05) is 6.61 Å². The van der Waals surface area contributed by atoms with Gasteiger partial charge in [0.1, 0.15) is 0 Å². The Morgan fingerprint density at radius 1 is 1.17 bits per heavy atom. The van der Waals surface area contributed by atoms with Gasteiger partial charge in [-0.2, -0.15) is 0 Å². The second kappa shape index (κ2) is 2.41. The van der Waals surface area contributed by atoms with E-state index in [4.69, 9.17) is 5.11 Å². The first kappa shape index (κ1) is 8.42. The number of aliphatic hydroxyl groups excluding tert-OH is 1. The molecule has 3 heteroatoms. The molecule has 0 aromatic heterocycles. The molecule has 2 rings (SSSR count). The third kappa shape index (κ3) is 1.24. The maximum absolute atomic E-state index is 12.7. The lowest BCUT2D eigenvalue weighted by Gasteiger charge is -2.28. The smallest absolute Gasteiger partial charge is 0.248 e. The van der Waals surface area contributed by atoms with Gasteiger partial charge in [0.25, 0.3) is 0 Å². The van der Waals surface area contributed by atoms with Crippen molar-refractivity contribution in [2.24, 2.45) is 11.3 Å². The molecule has 0 aromatic rings. The van der Waals surface area contributed by atoms with Crippen molar-refractivity contribution in [3.63, 3.8) is 0 Å². The fourth-order valence-electron chi connectivity index (χ4n) is 2.42. The van der Waals surface area contributed by atoms with Crippen LogP contribution in [0.15, 0.2) is 0 Å². The van der Waals surface area contributed by atoms with Crippen LogP contribution in [-0.4, -0.2) is 17.6 Å². The lowest BCUT2D eigenvalue weighted by atomic mass is 9.82. The third-order valence-electron chi connectivity index (χ3n) is 3.56. The molecular weight excluding hydrogens is 162 g/mol. The maximum Gasteiger partial charge on any atom is 0.248 e. The lowest BCUT2D eigenvalue weighted by Crippen LogP contribution is -2.26. The fourth-order valence-corrected chi connectivity index (χ4v) is 2.42. The van der Waals surface area contributed by atoms with Crippen LogP contribution in [0, 0.1) is 11.3 Å². The molecule has 12 heavy (non-hydrogen) atoms. The van der Waals surface area contributed by atoms with Crippen LogP contribution < -0.4 is 0 Å². The molecule has 1 N–H and O–H groups in total. The summed E-state index contributed by atoms with van der Waals surface area (Å²) in [5.74, 6) is -2.10. The van der Waals surface area contributed by atoms with E-state index in [-0.39, 0.29) is 24.9 Å². The predicted octanol–water partition coefficient (Wildman–Crippen LogP) is 2.19. The van der Waals surface area contributed by atoms with E-state index in [9.17, 15) is 8.78 Å². The van der Waals surface area contributed by atoms with E-state index in [0.717, 1.165) is 6.42 Å². The topological polar surface area (TPSA) is 20.2 Å². The summed E-state index contributed by atoms with van der Waals surface area (Å²) < 4.78 is 25.5. The van der Waals surface area contributed by atoms with Crippen LogP contribution in [0.2, 0.25) is 0 Å². The Bertz CT molecular complexity index is 181. The van der Waals surface area contributed by atoms with E-state index >= 15 is 0 Å². The Balaban J connectivity index is 1.92. The van der Waals surface area contributed by atoms with E-state index < -0.39 is 5.92 Å². The molecule has 1 spiro atoms. The second-order valence-corrected chi connectivity index (χ2v) is 4.30. The van der Waals surface area contributed by atoms with Gasteiger partial charge in [-0.05, 0) is 30.6 Å². The van der Waals surface area contributed by atoms with Crippen LogP contribution in [-0.2, 0) is 0 Å². The minimum atomic E-state index is -2.42. The molecule has 2 fully saturated rings. The summed E-state index contributed by atoms with van der Waals surface area (Å²) in [7, 11) is 0. The van der Waals surface area contributed by atoms with E-state index in [2.05, 4.69) is 0 Å². The molecule has 1 unspecified atom stereocenters. The molecule has 0 heterocycles. The van der Waals surface area contributed by atoms with Crippen molar-refractivity contribution in [1.29, 1.82) is 0 Å². The number of aliphatic hydroxyl groups is 1. The van der Waals surface area contributed by atoms with Gasteiger partial charge in [0.2, 0.25) is 5.92 Å². The first-order chi connectivity index (χ1) is 5.58. The summed E-state index contributed by atoms with van der Waals surface area (Å²) in [6.45, 7) is 0.186. The fraction of sp³-hybridized carbons (Fsp3) is 1.00. The highest BCUT2D eigenvalue weighted by Crippen LogP contribution is 2.62.